The third-order valence-corrected chi connectivity index (χ3v) is 5.76. The Kier molecular flexibility index (Phi) is 4.90. The molecule has 6 nitrogen and oxygen atoms in total. The molecule has 1 aromatic carbocycles. The zero-order valence-corrected chi connectivity index (χ0v) is 18.3. The molecule has 0 fully saturated rings. The van der Waals surface area contributed by atoms with Gasteiger partial charge in [-0.25, -0.2) is 19.3 Å². The lowest BCUT2D eigenvalue weighted by molar-refractivity contribution is 0.630. The minimum atomic E-state index is -0.572. The molecule has 0 N–H and O–H groups in total. The second-order valence-electron chi connectivity index (χ2n) is 8.06. The molecule has 4 heterocycles. The number of pyridine rings is 2. The summed E-state index contributed by atoms with van der Waals surface area (Å²) in [6.07, 6.45) is 3.86. The zero-order chi connectivity index (χ0) is 22.1. The molecule has 0 spiro atoms. The van der Waals surface area contributed by atoms with Crippen molar-refractivity contribution >= 4 is 0 Å². The first-order chi connectivity index (χ1) is 15.5. The fourth-order valence-corrected chi connectivity index (χ4v) is 3.94. The molecule has 4 aromatic heterocycles. The molecular formula is C26H24N6. The Labute approximate surface area is 187 Å². The zero-order valence-electron chi connectivity index (χ0n) is 18.3. The average Bonchev–Trinajstić information content (AvgIpc) is 3.47. The van der Waals surface area contributed by atoms with Crippen LogP contribution in [0.25, 0.3) is 11.6 Å². The molecule has 0 aliphatic heterocycles. The molecule has 6 heteroatoms. The van der Waals surface area contributed by atoms with Crippen molar-refractivity contribution in [3.8, 4) is 11.6 Å². The van der Waals surface area contributed by atoms with Gasteiger partial charge in [-0.15, -0.1) is 0 Å². The third-order valence-electron chi connectivity index (χ3n) is 5.76. The van der Waals surface area contributed by atoms with Gasteiger partial charge in [0, 0.05) is 12.4 Å². The van der Waals surface area contributed by atoms with Gasteiger partial charge in [0.2, 0.25) is 0 Å². The van der Waals surface area contributed by atoms with Crippen molar-refractivity contribution in [1.82, 2.24) is 29.5 Å². The van der Waals surface area contributed by atoms with E-state index < -0.39 is 5.41 Å². The maximum absolute atomic E-state index is 5.03. The summed E-state index contributed by atoms with van der Waals surface area (Å²) in [5.41, 5.74) is 4.24. The van der Waals surface area contributed by atoms with Crippen molar-refractivity contribution in [1.29, 1.82) is 0 Å². The predicted molar refractivity (Wildman–Crippen MR) is 124 cm³/mol. The van der Waals surface area contributed by atoms with E-state index in [-0.39, 0.29) is 0 Å². The van der Waals surface area contributed by atoms with Crippen LogP contribution in [-0.4, -0.2) is 29.5 Å². The summed E-state index contributed by atoms with van der Waals surface area (Å²) in [7, 11) is 0. The highest BCUT2D eigenvalue weighted by Crippen LogP contribution is 2.37. The van der Waals surface area contributed by atoms with E-state index in [1.54, 1.807) is 9.36 Å². The van der Waals surface area contributed by atoms with Gasteiger partial charge in [0.1, 0.15) is 0 Å². The Balaban J connectivity index is 1.69. The van der Waals surface area contributed by atoms with Crippen LogP contribution >= 0.6 is 0 Å². The standard InChI is InChI=1S/C26H24N6/c1-19-15-17-31(29-19)24-13-7-11-22(27-24)26(3,21-9-5-4-6-10-21)23-12-8-14-25(28-23)32-18-16-20(2)30-32/h4-18H,1-3H3. The van der Waals surface area contributed by atoms with Crippen LogP contribution in [0.4, 0.5) is 0 Å². The number of aryl methyl sites for hydroxylation is 2. The van der Waals surface area contributed by atoms with E-state index in [9.17, 15) is 0 Å². The molecule has 0 unspecified atom stereocenters. The van der Waals surface area contributed by atoms with E-state index in [1.807, 2.05) is 68.7 Å². The normalized spacial score (nSPS) is 11.6. The monoisotopic (exact) mass is 420 g/mol. The van der Waals surface area contributed by atoms with Gasteiger partial charge < -0.3 is 0 Å². The number of rotatable bonds is 5. The number of hydrogen-bond acceptors (Lipinski definition) is 4. The second kappa shape index (κ2) is 7.89. The highest BCUT2D eigenvalue weighted by molar-refractivity contribution is 5.46. The van der Waals surface area contributed by atoms with Gasteiger partial charge in [-0.3, -0.25) is 0 Å². The Morgan fingerprint density at radius 3 is 1.53 bits per heavy atom. The summed E-state index contributed by atoms with van der Waals surface area (Å²) in [5, 5.41) is 9.07. The van der Waals surface area contributed by atoms with Crippen molar-refractivity contribution in [2.24, 2.45) is 0 Å². The SMILES string of the molecule is Cc1ccn(-c2cccc(C(C)(c3ccccc3)c3cccc(-n4ccc(C)n4)n3)n2)n1. The minimum Gasteiger partial charge on any atom is -0.232 e. The Hall–Kier alpha value is -4.06. The lowest BCUT2D eigenvalue weighted by Gasteiger charge is -2.30. The van der Waals surface area contributed by atoms with Crippen molar-refractivity contribution in [2.75, 3.05) is 0 Å². The lowest BCUT2D eigenvalue weighted by atomic mass is 9.76. The molecule has 5 rings (SSSR count). The van der Waals surface area contributed by atoms with Crippen molar-refractivity contribution in [3.05, 3.63) is 120 Å². The first-order valence-corrected chi connectivity index (χ1v) is 10.6. The van der Waals surface area contributed by atoms with Gasteiger partial charge in [-0.1, -0.05) is 42.5 Å². The highest BCUT2D eigenvalue weighted by Gasteiger charge is 2.34. The van der Waals surface area contributed by atoms with Crippen LogP contribution in [0.5, 0.6) is 0 Å². The van der Waals surface area contributed by atoms with Crippen LogP contribution in [0.2, 0.25) is 0 Å². The first kappa shape index (κ1) is 19.9. The summed E-state index contributed by atoms with van der Waals surface area (Å²) >= 11 is 0. The van der Waals surface area contributed by atoms with Gasteiger partial charge in [-0.2, -0.15) is 10.2 Å². The molecule has 0 atom stereocenters. The van der Waals surface area contributed by atoms with Gasteiger partial charge >= 0.3 is 0 Å². The number of benzene rings is 1. The fourth-order valence-electron chi connectivity index (χ4n) is 3.94. The summed E-state index contributed by atoms with van der Waals surface area (Å²) < 4.78 is 3.61. The van der Waals surface area contributed by atoms with Crippen LogP contribution < -0.4 is 0 Å². The molecule has 5 aromatic rings. The molecule has 0 amide bonds. The van der Waals surface area contributed by atoms with E-state index >= 15 is 0 Å². The van der Waals surface area contributed by atoms with E-state index in [0.29, 0.717) is 0 Å². The number of nitrogens with zero attached hydrogens (tertiary/aromatic N) is 6. The van der Waals surface area contributed by atoms with Gasteiger partial charge in [0.05, 0.1) is 28.2 Å². The van der Waals surface area contributed by atoms with Crippen molar-refractivity contribution < 1.29 is 0 Å². The van der Waals surface area contributed by atoms with Gasteiger partial charge in [-0.05, 0) is 62.7 Å². The van der Waals surface area contributed by atoms with E-state index in [1.165, 1.54) is 0 Å². The summed E-state index contributed by atoms with van der Waals surface area (Å²) in [5.74, 6) is 1.55. The van der Waals surface area contributed by atoms with Crippen LogP contribution in [0.1, 0.15) is 35.3 Å². The number of aromatic nitrogens is 6. The quantitative estimate of drug-likeness (QED) is 0.409. The Bertz CT molecular complexity index is 1280. The highest BCUT2D eigenvalue weighted by atomic mass is 15.3. The molecule has 0 saturated carbocycles. The summed E-state index contributed by atoms with van der Waals surface area (Å²) in [6, 6.07) is 26.4. The largest absolute Gasteiger partial charge is 0.232 e. The predicted octanol–water partition coefficient (Wildman–Crippen LogP) is 4.82. The Morgan fingerprint density at radius 2 is 1.09 bits per heavy atom. The molecule has 158 valence electrons. The molecule has 32 heavy (non-hydrogen) atoms. The summed E-state index contributed by atoms with van der Waals surface area (Å²) in [6.45, 7) is 6.12. The first-order valence-electron chi connectivity index (χ1n) is 10.6. The van der Waals surface area contributed by atoms with Gasteiger partial charge in [0.15, 0.2) is 11.6 Å². The van der Waals surface area contributed by atoms with Crippen molar-refractivity contribution in [2.45, 2.75) is 26.2 Å². The molecule has 0 aliphatic rings. The van der Waals surface area contributed by atoms with Crippen LogP contribution in [0.15, 0.2) is 91.3 Å². The topological polar surface area (TPSA) is 61.4 Å². The summed E-state index contributed by atoms with van der Waals surface area (Å²) in [4.78, 5) is 10.1. The van der Waals surface area contributed by atoms with E-state index in [0.717, 1.165) is 40.0 Å². The van der Waals surface area contributed by atoms with E-state index in [2.05, 4.69) is 53.5 Å². The smallest absolute Gasteiger partial charge is 0.153 e. The Morgan fingerprint density at radius 1 is 0.594 bits per heavy atom. The molecule has 0 bridgehead atoms. The molecule has 0 saturated heterocycles. The lowest BCUT2D eigenvalue weighted by Crippen LogP contribution is -2.28. The van der Waals surface area contributed by atoms with Crippen LogP contribution in [-0.2, 0) is 5.41 Å². The maximum Gasteiger partial charge on any atom is 0.153 e. The molecular weight excluding hydrogens is 396 g/mol. The van der Waals surface area contributed by atoms with Crippen molar-refractivity contribution in [3.63, 3.8) is 0 Å². The average molecular weight is 421 g/mol. The maximum atomic E-state index is 5.03. The molecule has 0 radical (unpaired) electrons. The van der Waals surface area contributed by atoms with Crippen LogP contribution in [0, 0.1) is 13.8 Å². The second-order valence-corrected chi connectivity index (χ2v) is 8.06. The number of hydrogen-bond donors (Lipinski definition) is 0. The minimum absolute atomic E-state index is 0.572. The van der Waals surface area contributed by atoms with Crippen LogP contribution in [0.3, 0.4) is 0 Å². The fraction of sp³-hybridized carbons (Fsp3) is 0.154. The third kappa shape index (κ3) is 3.50. The van der Waals surface area contributed by atoms with Gasteiger partial charge in [0.25, 0.3) is 0 Å². The molecule has 0 aliphatic carbocycles. The van der Waals surface area contributed by atoms with E-state index in [4.69, 9.17) is 9.97 Å².